The van der Waals surface area contributed by atoms with E-state index >= 15 is 0 Å². The molecule has 5 nitrogen and oxygen atoms in total. The summed E-state index contributed by atoms with van der Waals surface area (Å²) in [4.78, 5) is 12.0. The monoisotopic (exact) mass is 248 g/mol. The summed E-state index contributed by atoms with van der Waals surface area (Å²) < 4.78 is 0. The third-order valence-corrected chi connectivity index (χ3v) is 3.34. The summed E-state index contributed by atoms with van der Waals surface area (Å²) >= 11 is 0. The lowest BCUT2D eigenvalue weighted by Gasteiger charge is -2.15. The molecule has 1 amide bonds. The maximum absolute atomic E-state index is 12.0. The number of aromatic nitrogens is 2. The van der Waals surface area contributed by atoms with E-state index in [0.717, 1.165) is 12.8 Å². The van der Waals surface area contributed by atoms with E-state index in [-0.39, 0.29) is 5.91 Å². The topological polar surface area (TPSA) is 66.9 Å². The summed E-state index contributed by atoms with van der Waals surface area (Å²) in [5.74, 6) is 0.554. The van der Waals surface area contributed by atoms with Crippen LogP contribution in [0.2, 0.25) is 0 Å². The highest BCUT2D eigenvalue weighted by atomic mass is 16.2. The maximum Gasteiger partial charge on any atom is 0.272 e. The van der Waals surface area contributed by atoms with Crippen molar-refractivity contribution in [2.45, 2.75) is 44.6 Å². The third-order valence-electron chi connectivity index (χ3n) is 3.34. The van der Waals surface area contributed by atoms with Crippen LogP contribution >= 0.6 is 0 Å². The smallest absolute Gasteiger partial charge is 0.272 e. The van der Waals surface area contributed by atoms with Crippen molar-refractivity contribution in [1.29, 1.82) is 0 Å². The predicted octanol–water partition coefficient (Wildman–Crippen LogP) is 1.97. The molecule has 0 unspecified atom stereocenters. The van der Waals surface area contributed by atoms with Crippen molar-refractivity contribution in [3.63, 3.8) is 0 Å². The first-order valence-corrected chi connectivity index (χ1v) is 6.62. The van der Waals surface area contributed by atoms with E-state index in [2.05, 4.69) is 20.8 Å². The van der Waals surface area contributed by atoms with Crippen molar-refractivity contribution in [1.82, 2.24) is 15.5 Å². The Morgan fingerprint density at radius 1 is 1.17 bits per heavy atom. The fraction of sp³-hybridized carbons (Fsp3) is 0.615. The average Bonchev–Trinajstić information content (AvgIpc) is 2.67. The molecule has 5 heteroatoms. The molecule has 0 saturated heterocycles. The van der Waals surface area contributed by atoms with Crippen LogP contribution in [0.4, 0.5) is 5.82 Å². The van der Waals surface area contributed by atoms with E-state index in [9.17, 15) is 4.79 Å². The van der Waals surface area contributed by atoms with Gasteiger partial charge >= 0.3 is 0 Å². The summed E-state index contributed by atoms with van der Waals surface area (Å²) in [6.07, 6.45) is 7.12. The molecule has 0 aromatic carbocycles. The second-order valence-electron chi connectivity index (χ2n) is 4.72. The quantitative estimate of drug-likeness (QED) is 0.803. The molecule has 1 saturated carbocycles. The highest BCUT2D eigenvalue weighted by Crippen LogP contribution is 2.17. The number of rotatable bonds is 3. The Bertz CT molecular complexity index is 382. The van der Waals surface area contributed by atoms with Gasteiger partial charge in [-0.25, -0.2) is 0 Å². The summed E-state index contributed by atoms with van der Waals surface area (Å²) in [6.45, 7) is 0. The van der Waals surface area contributed by atoms with Crippen LogP contribution in [0.5, 0.6) is 0 Å². The van der Waals surface area contributed by atoms with Gasteiger partial charge in [-0.15, -0.1) is 10.2 Å². The van der Waals surface area contributed by atoms with E-state index in [0.29, 0.717) is 17.6 Å². The van der Waals surface area contributed by atoms with E-state index in [4.69, 9.17) is 0 Å². The van der Waals surface area contributed by atoms with Gasteiger partial charge in [0.15, 0.2) is 5.69 Å². The van der Waals surface area contributed by atoms with Gasteiger partial charge in [0.25, 0.3) is 5.91 Å². The van der Waals surface area contributed by atoms with E-state index in [1.54, 1.807) is 19.2 Å². The van der Waals surface area contributed by atoms with E-state index in [1.165, 1.54) is 25.7 Å². The third kappa shape index (κ3) is 3.42. The molecule has 18 heavy (non-hydrogen) atoms. The second kappa shape index (κ2) is 6.33. The molecule has 0 aliphatic heterocycles. The zero-order chi connectivity index (χ0) is 12.8. The maximum atomic E-state index is 12.0. The van der Waals surface area contributed by atoms with Crippen LogP contribution in [0.3, 0.4) is 0 Å². The SMILES string of the molecule is CNc1ccc(C(=O)NC2CCCCCC2)nn1. The van der Waals surface area contributed by atoms with Crippen molar-refractivity contribution in [3.8, 4) is 0 Å². The molecule has 2 rings (SSSR count). The Morgan fingerprint density at radius 2 is 1.89 bits per heavy atom. The minimum absolute atomic E-state index is 0.114. The van der Waals surface area contributed by atoms with Crippen LogP contribution in [-0.4, -0.2) is 29.2 Å². The fourth-order valence-corrected chi connectivity index (χ4v) is 2.27. The summed E-state index contributed by atoms with van der Waals surface area (Å²) in [5, 5.41) is 13.7. The molecule has 1 aromatic rings. The predicted molar refractivity (Wildman–Crippen MR) is 70.5 cm³/mol. The number of nitrogens with zero attached hydrogens (tertiary/aromatic N) is 2. The fourth-order valence-electron chi connectivity index (χ4n) is 2.27. The number of carbonyl (C=O) groups is 1. The molecule has 0 spiro atoms. The number of hydrogen-bond acceptors (Lipinski definition) is 4. The number of hydrogen-bond donors (Lipinski definition) is 2. The van der Waals surface area contributed by atoms with E-state index in [1.807, 2.05) is 0 Å². The zero-order valence-corrected chi connectivity index (χ0v) is 10.8. The van der Waals surface area contributed by atoms with Crippen molar-refractivity contribution < 1.29 is 4.79 Å². The molecular formula is C13H20N4O. The van der Waals surface area contributed by atoms with Gasteiger partial charge in [-0.1, -0.05) is 25.7 Å². The molecule has 0 atom stereocenters. The number of carbonyl (C=O) groups excluding carboxylic acids is 1. The molecule has 2 N–H and O–H groups in total. The van der Waals surface area contributed by atoms with Gasteiger partial charge in [-0.3, -0.25) is 4.79 Å². The van der Waals surface area contributed by atoms with Crippen LogP contribution in [0.1, 0.15) is 49.0 Å². The molecule has 0 bridgehead atoms. The molecular weight excluding hydrogens is 228 g/mol. The first-order valence-electron chi connectivity index (χ1n) is 6.62. The van der Waals surface area contributed by atoms with Crippen molar-refractivity contribution in [2.24, 2.45) is 0 Å². The molecule has 1 aliphatic rings. The molecule has 98 valence electrons. The second-order valence-corrected chi connectivity index (χ2v) is 4.72. The normalized spacial score (nSPS) is 16.9. The van der Waals surface area contributed by atoms with Crippen LogP contribution in [0, 0.1) is 0 Å². The summed E-state index contributed by atoms with van der Waals surface area (Å²) in [5.41, 5.74) is 0.387. The van der Waals surface area contributed by atoms with Gasteiger partial charge in [0, 0.05) is 13.1 Å². The Labute approximate surface area is 107 Å². The highest BCUT2D eigenvalue weighted by Gasteiger charge is 2.16. The average molecular weight is 248 g/mol. The van der Waals surface area contributed by atoms with Crippen LogP contribution in [-0.2, 0) is 0 Å². The van der Waals surface area contributed by atoms with Gasteiger partial charge in [0.2, 0.25) is 0 Å². The summed E-state index contributed by atoms with van der Waals surface area (Å²) in [6, 6.07) is 3.76. The lowest BCUT2D eigenvalue weighted by molar-refractivity contribution is 0.0927. The van der Waals surface area contributed by atoms with Gasteiger partial charge in [0.05, 0.1) is 0 Å². The van der Waals surface area contributed by atoms with E-state index < -0.39 is 0 Å². The number of amides is 1. The number of nitrogens with one attached hydrogen (secondary N) is 2. The standard InChI is InChI=1S/C13H20N4O/c1-14-12-9-8-11(16-17-12)13(18)15-10-6-4-2-3-5-7-10/h8-10H,2-7H2,1H3,(H,14,17)(H,15,18). The van der Waals surface area contributed by atoms with Crippen LogP contribution < -0.4 is 10.6 Å². The Morgan fingerprint density at radius 3 is 2.44 bits per heavy atom. The van der Waals surface area contributed by atoms with Crippen molar-refractivity contribution in [3.05, 3.63) is 17.8 Å². The van der Waals surface area contributed by atoms with Gasteiger partial charge in [0.1, 0.15) is 5.82 Å². The minimum Gasteiger partial charge on any atom is -0.372 e. The Kier molecular flexibility index (Phi) is 4.50. The highest BCUT2D eigenvalue weighted by molar-refractivity contribution is 5.92. The molecule has 1 aromatic heterocycles. The molecule has 1 heterocycles. The first kappa shape index (κ1) is 12.8. The first-order chi connectivity index (χ1) is 8.79. The zero-order valence-electron chi connectivity index (χ0n) is 10.8. The van der Waals surface area contributed by atoms with Crippen LogP contribution in [0.15, 0.2) is 12.1 Å². The lowest BCUT2D eigenvalue weighted by Crippen LogP contribution is -2.35. The lowest BCUT2D eigenvalue weighted by atomic mass is 10.1. The van der Waals surface area contributed by atoms with Crippen molar-refractivity contribution in [2.75, 3.05) is 12.4 Å². The molecule has 1 fully saturated rings. The Hall–Kier alpha value is -1.65. The van der Waals surface area contributed by atoms with Gasteiger partial charge < -0.3 is 10.6 Å². The number of anilines is 1. The molecule has 0 radical (unpaired) electrons. The van der Waals surface area contributed by atoms with Gasteiger partial charge in [-0.05, 0) is 25.0 Å². The van der Waals surface area contributed by atoms with Crippen LogP contribution in [0.25, 0.3) is 0 Å². The Balaban J connectivity index is 1.93. The molecule has 1 aliphatic carbocycles. The van der Waals surface area contributed by atoms with Crippen molar-refractivity contribution >= 4 is 11.7 Å². The summed E-state index contributed by atoms with van der Waals surface area (Å²) in [7, 11) is 1.77. The largest absolute Gasteiger partial charge is 0.372 e. The van der Waals surface area contributed by atoms with Gasteiger partial charge in [-0.2, -0.15) is 0 Å². The minimum atomic E-state index is -0.114.